The molecule has 0 radical (unpaired) electrons. The quantitative estimate of drug-likeness (QED) is 0.753. The first-order valence-corrected chi connectivity index (χ1v) is 6.36. The minimum absolute atomic E-state index is 0.0454. The molecule has 0 aromatic heterocycles. The van der Waals surface area contributed by atoms with Crippen molar-refractivity contribution in [2.24, 2.45) is 0 Å². The number of amides is 1. The molecule has 1 aliphatic rings. The molecule has 1 aliphatic heterocycles. The van der Waals surface area contributed by atoms with Gasteiger partial charge in [-0.2, -0.15) is 0 Å². The molecule has 18 heavy (non-hydrogen) atoms. The summed E-state index contributed by atoms with van der Waals surface area (Å²) in [6.07, 6.45) is 2.33. The number of piperazine rings is 1. The largest absolute Gasteiger partial charge is 0.333 e. The van der Waals surface area contributed by atoms with Crippen LogP contribution in [-0.4, -0.2) is 48.4 Å². The molecule has 0 saturated carbocycles. The van der Waals surface area contributed by atoms with E-state index in [9.17, 15) is 4.79 Å². The van der Waals surface area contributed by atoms with Crippen LogP contribution in [0.1, 0.15) is 5.56 Å². The van der Waals surface area contributed by atoms with Gasteiger partial charge in [0, 0.05) is 25.7 Å². The van der Waals surface area contributed by atoms with Gasteiger partial charge in [0.1, 0.15) is 0 Å². The molecule has 3 nitrogen and oxygen atoms in total. The fourth-order valence-corrected chi connectivity index (χ4v) is 2.48. The minimum Gasteiger partial charge on any atom is -0.333 e. The zero-order chi connectivity index (χ0) is 13.0. The SMILES string of the molecule is C=CC(=O)N1CCN(C)CC1Cc1ccccc1. The first-order valence-electron chi connectivity index (χ1n) is 6.36. The first-order chi connectivity index (χ1) is 8.70. The Morgan fingerprint density at radius 3 is 2.78 bits per heavy atom. The number of rotatable bonds is 3. The maximum atomic E-state index is 11.9. The predicted molar refractivity (Wildman–Crippen MR) is 73.3 cm³/mol. The third kappa shape index (κ3) is 2.99. The molecular weight excluding hydrogens is 224 g/mol. The van der Waals surface area contributed by atoms with Crippen LogP contribution in [-0.2, 0) is 11.2 Å². The molecule has 0 aliphatic carbocycles. The first kappa shape index (κ1) is 12.8. The fourth-order valence-electron chi connectivity index (χ4n) is 2.48. The molecule has 0 bridgehead atoms. The Bertz CT molecular complexity index is 416. The molecule has 1 aromatic carbocycles. The van der Waals surface area contributed by atoms with E-state index in [-0.39, 0.29) is 11.9 Å². The molecule has 0 N–H and O–H groups in total. The Labute approximate surface area is 109 Å². The van der Waals surface area contributed by atoms with Crippen LogP contribution in [0.4, 0.5) is 0 Å². The van der Waals surface area contributed by atoms with E-state index in [4.69, 9.17) is 0 Å². The van der Waals surface area contributed by atoms with E-state index in [1.54, 1.807) is 0 Å². The standard InChI is InChI=1S/C15H20N2O/c1-3-15(18)17-10-9-16(2)12-14(17)11-13-7-5-4-6-8-13/h3-8,14H,1,9-12H2,2H3. The Morgan fingerprint density at radius 2 is 2.11 bits per heavy atom. The number of hydrogen-bond acceptors (Lipinski definition) is 2. The van der Waals surface area contributed by atoms with E-state index >= 15 is 0 Å². The summed E-state index contributed by atoms with van der Waals surface area (Å²) in [6, 6.07) is 10.6. The maximum absolute atomic E-state index is 11.9. The highest BCUT2D eigenvalue weighted by atomic mass is 16.2. The van der Waals surface area contributed by atoms with Crippen LogP contribution in [0.5, 0.6) is 0 Å². The van der Waals surface area contributed by atoms with Crippen LogP contribution >= 0.6 is 0 Å². The molecule has 3 heteroatoms. The summed E-state index contributed by atoms with van der Waals surface area (Å²) in [7, 11) is 2.10. The smallest absolute Gasteiger partial charge is 0.246 e. The number of hydrogen-bond donors (Lipinski definition) is 0. The zero-order valence-electron chi connectivity index (χ0n) is 10.9. The molecule has 1 amide bonds. The Hall–Kier alpha value is -1.61. The lowest BCUT2D eigenvalue weighted by atomic mass is 10.0. The van der Waals surface area contributed by atoms with Gasteiger partial charge in [0.2, 0.25) is 5.91 Å². The van der Waals surface area contributed by atoms with Gasteiger partial charge in [-0.1, -0.05) is 36.9 Å². The highest BCUT2D eigenvalue weighted by Gasteiger charge is 2.27. The summed E-state index contributed by atoms with van der Waals surface area (Å²) < 4.78 is 0. The van der Waals surface area contributed by atoms with Crippen LogP contribution in [0.3, 0.4) is 0 Å². The molecule has 1 aromatic rings. The van der Waals surface area contributed by atoms with Gasteiger partial charge in [-0.15, -0.1) is 0 Å². The topological polar surface area (TPSA) is 23.6 Å². The highest BCUT2D eigenvalue weighted by Crippen LogP contribution is 2.14. The van der Waals surface area contributed by atoms with Crippen LogP contribution in [0, 0.1) is 0 Å². The number of benzene rings is 1. The molecule has 1 atom stereocenters. The molecule has 1 fully saturated rings. The fraction of sp³-hybridized carbons (Fsp3) is 0.400. The number of likely N-dealkylation sites (N-methyl/N-ethyl adjacent to an activating group) is 1. The Kier molecular flexibility index (Phi) is 4.15. The van der Waals surface area contributed by atoms with Crippen LogP contribution in [0.15, 0.2) is 43.0 Å². The van der Waals surface area contributed by atoms with E-state index in [2.05, 4.69) is 30.7 Å². The van der Waals surface area contributed by atoms with Gasteiger partial charge in [-0.3, -0.25) is 4.79 Å². The van der Waals surface area contributed by atoms with E-state index in [0.717, 1.165) is 26.1 Å². The van der Waals surface area contributed by atoms with Gasteiger partial charge in [0.15, 0.2) is 0 Å². The van der Waals surface area contributed by atoms with E-state index < -0.39 is 0 Å². The highest BCUT2D eigenvalue weighted by molar-refractivity contribution is 5.87. The zero-order valence-corrected chi connectivity index (χ0v) is 10.9. The summed E-state index contributed by atoms with van der Waals surface area (Å²) in [5, 5.41) is 0. The van der Waals surface area contributed by atoms with Crippen molar-refractivity contribution in [3.05, 3.63) is 48.6 Å². The molecule has 96 valence electrons. The van der Waals surface area contributed by atoms with E-state index in [1.807, 2.05) is 23.1 Å². The molecule has 0 spiro atoms. The summed E-state index contributed by atoms with van der Waals surface area (Å²) in [6.45, 7) is 6.24. The lowest BCUT2D eigenvalue weighted by Gasteiger charge is -2.39. The van der Waals surface area contributed by atoms with Gasteiger partial charge in [0.25, 0.3) is 0 Å². The summed E-state index contributed by atoms with van der Waals surface area (Å²) in [4.78, 5) is 16.1. The second kappa shape index (κ2) is 5.83. The van der Waals surface area contributed by atoms with Crippen molar-refractivity contribution in [2.75, 3.05) is 26.7 Å². The van der Waals surface area contributed by atoms with E-state index in [1.165, 1.54) is 11.6 Å². The van der Waals surface area contributed by atoms with Crippen LogP contribution < -0.4 is 0 Å². The molecule has 1 unspecified atom stereocenters. The normalized spacial score (nSPS) is 20.7. The summed E-state index contributed by atoms with van der Waals surface area (Å²) >= 11 is 0. The molecule has 1 saturated heterocycles. The van der Waals surface area contributed by atoms with Crippen LogP contribution in [0.25, 0.3) is 0 Å². The molecule has 1 heterocycles. The monoisotopic (exact) mass is 244 g/mol. The Morgan fingerprint density at radius 1 is 1.39 bits per heavy atom. The second-order valence-electron chi connectivity index (χ2n) is 4.84. The van der Waals surface area contributed by atoms with Crippen molar-refractivity contribution < 1.29 is 4.79 Å². The van der Waals surface area contributed by atoms with Crippen molar-refractivity contribution in [3.63, 3.8) is 0 Å². The predicted octanol–water partition coefficient (Wildman–Crippen LogP) is 1.56. The van der Waals surface area contributed by atoms with Gasteiger partial charge < -0.3 is 9.80 Å². The maximum Gasteiger partial charge on any atom is 0.246 e. The lowest BCUT2D eigenvalue weighted by molar-refractivity contribution is -0.130. The average Bonchev–Trinajstić information content (AvgIpc) is 2.39. The van der Waals surface area contributed by atoms with Crippen molar-refractivity contribution in [1.82, 2.24) is 9.80 Å². The second-order valence-corrected chi connectivity index (χ2v) is 4.84. The summed E-state index contributed by atoms with van der Waals surface area (Å²) in [5.41, 5.74) is 1.28. The van der Waals surface area contributed by atoms with E-state index in [0.29, 0.717) is 0 Å². The van der Waals surface area contributed by atoms with Crippen molar-refractivity contribution in [2.45, 2.75) is 12.5 Å². The van der Waals surface area contributed by atoms with Crippen molar-refractivity contribution >= 4 is 5.91 Å². The Balaban J connectivity index is 2.10. The third-order valence-electron chi connectivity index (χ3n) is 3.46. The number of carbonyl (C=O) groups is 1. The minimum atomic E-state index is 0.0454. The summed E-state index contributed by atoms with van der Waals surface area (Å²) in [5.74, 6) is 0.0454. The van der Waals surface area contributed by atoms with Gasteiger partial charge in [-0.25, -0.2) is 0 Å². The lowest BCUT2D eigenvalue weighted by Crippen LogP contribution is -2.54. The number of nitrogens with zero attached hydrogens (tertiary/aromatic N) is 2. The third-order valence-corrected chi connectivity index (χ3v) is 3.46. The van der Waals surface area contributed by atoms with Gasteiger partial charge in [0.05, 0.1) is 0 Å². The van der Waals surface area contributed by atoms with Crippen molar-refractivity contribution in [1.29, 1.82) is 0 Å². The van der Waals surface area contributed by atoms with Gasteiger partial charge in [-0.05, 0) is 25.1 Å². The van der Waals surface area contributed by atoms with Crippen LogP contribution in [0.2, 0.25) is 0 Å². The number of carbonyl (C=O) groups excluding carboxylic acids is 1. The molecule has 2 rings (SSSR count). The van der Waals surface area contributed by atoms with Crippen molar-refractivity contribution in [3.8, 4) is 0 Å². The average molecular weight is 244 g/mol. The molecular formula is C15H20N2O. The van der Waals surface area contributed by atoms with Gasteiger partial charge >= 0.3 is 0 Å².